The molecule has 124 valence electrons. The molecular weight excluding hydrogens is 366 g/mol. The van der Waals surface area contributed by atoms with Gasteiger partial charge in [-0.2, -0.15) is 0 Å². The van der Waals surface area contributed by atoms with Crippen molar-refractivity contribution in [2.24, 2.45) is 0 Å². The van der Waals surface area contributed by atoms with E-state index in [0.717, 1.165) is 4.47 Å². The van der Waals surface area contributed by atoms with Gasteiger partial charge in [-0.15, -0.1) is 0 Å². The first-order valence-corrected chi connectivity index (χ1v) is 8.12. The summed E-state index contributed by atoms with van der Waals surface area (Å²) in [5, 5.41) is 9.10. The van der Waals surface area contributed by atoms with Gasteiger partial charge in [0.15, 0.2) is 5.78 Å². The molecule has 1 aliphatic rings. The van der Waals surface area contributed by atoms with Crippen LogP contribution in [-0.4, -0.2) is 47.4 Å². The van der Waals surface area contributed by atoms with Gasteiger partial charge in [-0.3, -0.25) is 9.59 Å². The lowest BCUT2D eigenvalue weighted by molar-refractivity contribution is -0.148. The Labute approximate surface area is 142 Å². The molecular formula is C16H18BrNO5. The Hall–Kier alpha value is -1.89. The van der Waals surface area contributed by atoms with E-state index in [9.17, 15) is 14.4 Å². The minimum atomic E-state index is -0.990. The zero-order chi connectivity index (χ0) is 17.0. The number of carbonyl (C=O) groups is 3. The Bertz CT molecular complexity index is 631. The summed E-state index contributed by atoms with van der Waals surface area (Å²) in [5.74, 6) is -1.04. The van der Waals surface area contributed by atoms with Crippen LogP contribution in [-0.2, 0) is 9.59 Å². The van der Waals surface area contributed by atoms with Crippen molar-refractivity contribution in [3.8, 4) is 5.75 Å². The summed E-state index contributed by atoms with van der Waals surface area (Å²) in [7, 11) is 1.48. The van der Waals surface area contributed by atoms with E-state index in [0.29, 0.717) is 30.7 Å². The normalized spacial score (nSPS) is 17.1. The topological polar surface area (TPSA) is 83.9 Å². The molecule has 0 aliphatic carbocycles. The van der Waals surface area contributed by atoms with E-state index in [1.807, 2.05) is 0 Å². The third-order valence-corrected chi connectivity index (χ3v) is 4.38. The molecule has 1 aromatic carbocycles. The first kappa shape index (κ1) is 17.5. The van der Waals surface area contributed by atoms with Gasteiger partial charge in [0.05, 0.1) is 12.7 Å². The van der Waals surface area contributed by atoms with Gasteiger partial charge in [0.2, 0.25) is 5.91 Å². The second-order valence-corrected chi connectivity index (χ2v) is 6.27. The Morgan fingerprint density at radius 1 is 1.35 bits per heavy atom. The number of carboxylic acid groups (broad SMARTS) is 1. The molecule has 1 saturated heterocycles. The van der Waals surface area contributed by atoms with Crippen molar-refractivity contribution < 1.29 is 24.2 Å². The zero-order valence-corrected chi connectivity index (χ0v) is 14.3. The predicted molar refractivity (Wildman–Crippen MR) is 86.6 cm³/mol. The zero-order valence-electron chi connectivity index (χ0n) is 12.8. The quantitative estimate of drug-likeness (QED) is 0.762. The number of aliphatic carboxylic acids is 1. The lowest BCUT2D eigenvalue weighted by Crippen LogP contribution is -2.40. The Morgan fingerprint density at radius 2 is 2.09 bits per heavy atom. The number of nitrogens with zero attached hydrogens (tertiary/aromatic N) is 1. The standard InChI is InChI=1S/C16H18BrNO5/c1-23-14-6-4-10(17)9-11(14)13(19)5-7-15(20)18-8-2-3-12(18)16(21)22/h4,6,9,12H,2-3,5,7-8H2,1H3,(H,21,22). The highest BCUT2D eigenvalue weighted by molar-refractivity contribution is 9.10. The van der Waals surface area contributed by atoms with Gasteiger partial charge in [0, 0.05) is 23.9 Å². The van der Waals surface area contributed by atoms with Crippen molar-refractivity contribution in [2.75, 3.05) is 13.7 Å². The maximum absolute atomic E-state index is 12.3. The fourth-order valence-electron chi connectivity index (χ4n) is 2.72. The second kappa shape index (κ2) is 7.59. The largest absolute Gasteiger partial charge is 0.496 e. The number of ketones is 1. The smallest absolute Gasteiger partial charge is 0.326 e. The van der Waals surface area contributed by atoms with Gasteiger partial charge < -0.3 is 14.7 Å². The van der Waals surface area contributed by atoms with E-state index in [2.05, 4.69) is 15.9 Å². The maximum atomic E-state index is 12.3. The van der Waals surface area contributed by atoms with E-state index < -0.39 is 12.0 Å². The maximum Gasteiger partial charge on any atom is 0.326 e. The summed E-state index contributed by atoms with van der Waals surface area (Å²) in [6.45, 7) is 0.435. The fraction of sp³-hybridized carbons (Fsp3) is 0.438. The van der Waals surface area contributed by atoms with E-state index in [4.69, 9.17) is 9.84 Å². The van der Waals surface area contributed by atoms with Crippen molar-refractivity contribution in [3.05, 3.63) is 28.2 Å². The number of carboxylic acids is 1. The minimum Gasteiger partial charge on any atom is -0.496 e. The molecule has 1 aliphatic heterocycles. The van der Waals surface area contributed by atoms with Gasteiger partial charge in [-0.1, -0.05) is 15.9 Å². The molecule has 23 heavy (non-hydrogen) atoms. The fourth-order valence-corrected chi connectivity index (χ4v) is 3.08. The minimum absolute atomic E-state index is 0.00171. The number of likely N-dealkylation sites (tertiary alicyclic amines) is 1. The SMILES string of the molecule is COc1ccc(Br)cc1C(=O)CCC(=O)N1CCCC1C(=O)O. The van der Waals surface area contributed by atoms with Crippen LogP contribution < -0.4 is 4.74 Å². The molecule has 1 aromatic rings. The van der Waals surface area contributed by atoms with Crippen LogP contribution >= 0.6 is 15.9 Å². The highest BCUT2D eigenvalue weighted by Gasteiger charge is 2.33. The molecule has 1 amide bonds. The molecule has 1 atom stereocenters. The highest BCUT2D eigenvalue weighted by atomic mass is 79.9. The first-order valence-electron chi connectivity index (χ1n) is 7.33. The number of amides is 1. The van der Waals surface area contributed by atoms with Crippen LogP contribution in [0.15, 0.2) is 22.7 Å². The molecule has 2 rings (SSSR count). The molecule has 1 fully saturated rings. The molecule has 0 bridgehead atoms. The van der Waals surface area contributed by atoms with Crippen LogP contribution in [0.4, 0.5) is 0 Å². The van der Waals surface area contributed by atoms with E-state index in [-0.39, 0.29) is 24.5 Å². The van der Waals surface area contributed by atoms with Crippen LogP contribution in [0, 0.1) is 0 Å². The number of Topliss-reactive ketones (excluding diaryl/α,β-unsaturated/α-hetero) is 1. The van der Waals surface area contributed by atoms with E-state index >= 15 is 0 Å². The van der Waals surface area contributed by atoms with Crippen molar-refractivity contribution in [2.45, 2.75) is 31.7 Å². The van der Waals surface area contributed by atoms with Crippen LogP contribution in [0.25, 0.3) is 0 Å². The molecule has 0 spiro atoms. The van der Waals surface area contributed by atoms with Crippen LogP contribution in [0.5, 0.6) is 5.75 Å². The number of hydrogen-bond donors (Lipinski definition) is 1. The molecule has 1 N–H and O–H groups in total. The summed E-state index contributed by atoms with van der Waals surface area (Å²) in [6, 6.07) is 4.34. The van der Waals surface area contributed by atoms with Crippen molar-refractivity contribution in [1.82, 2.24) is 4.90 Å². The van der Waals surface area contributed by atoms with E-state index in [1.165, 1.54) is 12.0 Å². The van der Waals surface area contributed by atoms with Crippen molar-refractivity contribution in [3.63, 3.8) is 0 Å². The van der Waals surface area contributed by atoms with Crippen LogP contribution in [0.3, 0.4) is 0 Å². The summed E-state index contributed by atoms with van der Waals surface area (Å²) >= 11 is 3.30. The van der Waals surface area contributed by atoms with Crippen molar-refractivity contribution in [1.29, 1.82) is 0 Å². The molecule has 0 saturated carbocycles. The van der Waals surface area contributed by atoms with Gasteiger partial charge >= 0.3 is 5.97 Å². The Kier molecular flexibility index (Phi) is 5.76. The number of carbonyl (C=O) groups excluding carboxylic acids is 2. The number of benzene rings is 1. The second-order valence-electron chi connectivity index (χ2n) is 5.35. The number of hydrogen-bond acceptors (Lipinski definition) is 4. The third-order valence-electron chi connectivity index (χ3n) is 3.89. The van der Waals surface area contributed by atoms with Gasteiger partial charge in [-0.25, -0.2) is 4.79 Å². The summed E-state index contributed by atoms with van der Waals surface area (Å²) < 4.78 is 5.91. The molecule has 6 nitrogen and oxygen atoms in total. The summed E-state index contributed by atoms with van der Waals surface area (Å²) in [6.07, 6.45) is 1.16. The Morgan fingerprint density at radius 3 is 2.74 bits per heavy atom. The molecule has 1 unspecified atom stereocenters. The van der Waals surface area contributed by atoms with Crippen molar-refractivity contribution >= 4 is 33.6 Å². The number of rotatable bonds is 6. The van der Waals surface area contributed by atoms with Crippen LogP contribution in [0.2, 0.25) is 0 Å². The monoisotopic (exact) mass is 383 g/mol. The average molecular weight is 384 g/mol. The lowest BCUT2D eigenvalue weighted by Gasteiger charge is -2.21. The Balaban J connectivity index is 2.00. The van der Waals surface area contributed by atoms with E-state index in [1.54, 1.807) is 18.2 Å². The van der Waals surface area contributed by atoms with Gasteiger partial charge in [0.25, 0.3) is 0 Å². The third kappa shape index (κ3) is 4.10. The van der Waals surface area contributed by atoms with Gasteiger partial charge in [0.1, 0.15) is 11.8 Å². The number of methoxy groups -OCH3 is 1. The number of ether oxygens (including phenoxy) is 1. The summed E-state index contributed by atoms with van der Waals surface area (Å²) in [5.41, 5.74) is 0.408. The van der Waals surface area contributed by atoms with Gasteiger partial charge in [-0.05, 0) is 31.0 Å². The summed E-state index contributed by atoms with van der Waals surface area (Å²) in [4.78, 5) is 37.0. The molecule has 0 aromatic heterocycles. The predicted octanol–water partition coefficient (Wildman–Crippen LogP) is 2.50. The first-order chi connectivity index (χ1) is 10.9. The lowest BCUT2D eigenvalue weighted by atomic mass is 10.0. The molecule has 0 radical (unpaired) electrons. The molecule has 1 heterocycles. The molecule has 7 heteroatoms. The van der Waals surface area contributed by atoms with Crippen LogP contribution in [0.1, 0.15) is 36.0 Å². The highest BCUT2D eigenvalue weighted by Crippen LogP contribution is 2.25. The number of halogens is 1. The average Bonchev–Trinajstić information content (AvgIpc) is 3.02.